The lowest BCUT2D eigenvalue weighted by molar-refractivity contribution is -0.140. The van der Waals surface area contributed by atoms with Crippen molar-refractivity contribution in [3.05, 3.63) is 65.5 Å². The van der Waals surface area contributed by atoms with Gasteiger partial charge in [-0.3, -0.25) is 4.79 Å². The van der Waals surface area contributed by atoms with E-state index in [1.54, 1.807) is 25.4 Å². The van der Waals surface area contributed by atoms with Gasteiger partial charge in [0.25, 0.3) is 0 Å². The van der Waals surface area contributed by atoms with Gasteiger partial charge in [-0.15, -0.1) is 0 Å². The molecule has 1 amide bonds. The van der Waals surface area contributed by atoms with Crippen LogP contribution in [-0.4, -0.2) is 49.0 Å². The van der Waals surface area contributed by atoms with Gasteiger partial charge in [0.1, 0.15) is 23.5 Å². The largest absolute Gasteiger partial charge is 0.480 e. The summed E-state index contributed by atoms with van der Waals surface area (Å²) in [6.45, 7) is 0.429. The number of nitrogens with one attached hydrogen (secondary N) is 1. The normalized spacial score (nSPS) is 17.7. The van der Waals surface area contributed by atoms with Crippen LogP contribution in [0, 0.1) is 0 Å². The first kappa shape index (κ1) is 27.3. The lowest BCUT2D eigenvalue weighted by Crippen LogP contribution is -2.50. The summed E-state index contributed by atoms with van der Waals surface area (Å²) in [5.41, 5.74) is 2.34. The number of carbonyl (C=O) groups excluding carboxylic acids is 1. The van der Waals surface area contributed by atoms with E-state index in [1.165, 1.54) is 17.9 Å². The van der Waals surface area contributed by atoms with E-state index >= 15 is 0 Å². The highest BCUT2D eigenvalue weighted by atomic mass is 19.4. The van der Waals surface area contributed by atoms with E-state index in [1.807, 2.05) is 17.0 Å². The minimum absolute atomic E-state index is 0.0825. The van der Waals surface area contributed by atoms with E-state index in [-0.39, 0.29) is 18.3 Å². The van der Waals surface area contributed by atoms with Crippen molar-refractivity contribution in [1.82, 2.24) is 34.8 Å². The van der Waals surface area contributed by atoms with Crippen molar-refractivity contribution in [2.24, 2.45) is 7.05 Å². The first-order valence-electron chi connectivity index (χ1n) is 14.2. The molecule has 0 saturated heterocycles. The fourth-order valence-electron chi connectivity index (χ4n) is 6.01. The van der Waals surface area contributed by atoms with Crippen LogP contribution in [0.2, 0.25) is 0 Å². The van der Waals surface area contributed by atoms with Crippen LogP contribution >= 0.6 is 0 Å². The van der Waals surface area contributed by atoms with E-state index in [0.717, 1.165) is 55.1 Å². The molecule has 1 aromatic carbocycles. The van der Waals surface area contributed by atoms with Crippen LogP contribution in [0.15, 0.2) is 43.0 Å². The Kier molecular flexibility index (Phi) is 6.36. The second kappa shape index (κ2) is 10.0. The predicted molar refractivity (Wildman–Crippen MR) is 150 cm³/mol. The molecule has 3 aliphatic rings. The number of carbonyl (C=O) groups is 1. The maximum absolute atomic E-state index is 13.2. The van der Waals surface area contributed by atoms with Crippen molar-refractivity contribution >= 4 is 11.7 Å². The lowest BCUT2D eigenvalue weighted by Gasteiger charge is -2.42. The molecule has 1 aliphatic heterocycles. The monoisotopic (exact) mass is 590 g/mol. The molecule has 0 atom stereocenters. The van der Waals surface area contributed by atoms with Crippen LogP contribution in [0.5, 0.6) is 5.88 Å². The maximum Gasteiger partial charge on any atom is 0.434 e. The minimum Gasteiger partial charge on any atom is -0.480 e. The smallest absolute Gasteiger partial charge is 0.434 e. The first-order chi connectivity index (χ1) is 20.6. The number of methoxy groups -OCH3 is 1. The highest BCUT2D eigenvalue weighted by molar-refractivity contribution is 5.85. The van der Waals surface area contributed by atoms with Crippen LogP contribution in [0.1, 0.15) is 60.5 Å². The topological polar surface area (TPSA) is 111 Å². The third-order valence-electron chi connectivity index (χ3n) is 8.48. The highest BCUT2D eigenvalue weighted by Crippen LogP contribution is 2.48. The summed E-state index contributed by atoms with van der Waals surface area (Å²) in [6, 6.07) is 7.15. The molecular weight excluding hydrogens is 561 g/mol. The van der Waals surface area contributed by atoms with Crippen LogP contribution < -0.4 is 15.0 Å². The van der Waals surface area contributed by atoms with Crippen LogP contribution in [-0.2, 0) is 30.1 Å². The molecular formula is C30H29F3N8O2. The molecule has 4 heterocycles. The van der Waals surface area contributed by atoms with E-state index in [9.17, 15) is 18.0 Å². The van der Waals surface area contributed by atoms with Crippen molar-refractivity contribution in [1.29, 1.82) is 0 Å². The number of alkyl halides is 3. The highest BCUT2D eigenvalue weighted by Gasteiger charge is 2.46. The Morgan fingerprint density at radius 2 is 1.86 bits per heavy atom. The summed E-state index contributed by atoms with van der Waals surface area (Å²) in [4.78, 5) is 37.6. The molecule has 0 unspecified atom stereocenters. The summed E-state index contributed by atoms with van der Waals surface area (Å²) in [5.74, 6) is 1.91. The molecule has 10 nitrogen and oxygen atoms in total. The van der Waals surface area contributed by atoms with Crippen molar-refractivity contribution in [3.63, 3.8) is 0 Å². The third kappa shape index (κ3) is 4.86. The minimum atomic E-state index is -4.52. The van der Waals surface area contributed by atoms with Crippen molar-refractivity contribution in [2.45, 2.75) is 56.3 Å². The van der Waals surface area contributed by atoms with Gasteiger partial charge in [-0.2, -0.15) is 13.2 Å². The predicted octanol–water partition coefficient (Wildman–Crippen LogP) is 4.75. The number of anilines is 1. The van der Waals surface area contributed by atoms with Crippen molar-refractivity contribution in [3.8, 4) is 28.7 Å². The first-order valence-corrected chi connectivity index (χ1v) is 14.2. The second-order valence-corrected chi connectivity index (χ2v) is 11.4. The molecule has 1 spiro atoms. The molecule has 7 rings (SSSR count). The summed E-state index contributed by atoms with van der Waals surface area (Å²) < 4.78 is 46.6. The number of fused-ring (bicyclic) bond motifs is 2. The number of ether oxygens (including phenoxy) is 1. The van der Waals surface area contributed by atoms with Crippen LogP contribution in [0.25, 0.3) is 22.8 Å². The third-order valence-corrected chi connectivity index (χ3v) is 8.48. The molecule has 0 radical (unpaired) electrons. The van der Waals surface area contributed by atoms with Gasteiger partial charge in [0.2, 0.25) is 11.8 Å². The molecule has 2 aliphatic carbocycles. The van der Waals surface area contributed by atoms with Gasteiger partial charge in [0.05, 0.1) is 24.9 Å². The molecule has 4 aromatic rings. The average molecular weight is 591 g/mol. The average Bonchev–Trinajstić information content (AvgIpc) is 3.75. The zero-order chi connectivity index (χ0) is 29.9. The number of hydrogen-bond donors (Lipinski definition) is 1. The molecule has 1 N–H and O–H groups in total. The number of nitrogens with zero attached hydrogens (tertiary/aromatic N) is 7. The fourth-order valence-corrected chi connectivity index (χ4v) is 6.01. The Morgan fingerprint density at radius 1 is 1.09 bits per heavy atom. The Labute approximate surface area is 245 Å². The second-order valence-electron chi connectivity index (χ2n) is 11.4. The molecule has 13 heteroatoms. The van der Waals surface area contributed by atoms with Gasteiger partial charge in [-0.25, -0.2) is 24.9 Å². The number of aryl methyl sites for hydroxylation is 1. The summed E-state index contributed by atoms with van der Waals surface area (Å²) >= 11 is 0. The Morgan fingerprint density at radius 3 is 2.49 bits per heavy atom. The number of hydrogen-bond acceptors (Lipinski definition) is 8. The summed E-state index contributed by atoms with van der Waals surface area (Å²) in [5, 5.41) is 3.22. The van der Waals surface area contributed by atoms with E-state index < -0.39 is 17.4 Å². The fraction of sp³-hybridized carbons (Fsp3) is 0.400. The number of benzene rings is 1. The quantitative estimate of drug-likeness (QED) is 0.343. The molecule has 2 fully saturated rings. The Balaban J connectivity index is 1.26. The van der Waals surface area contributed by atoms with E-state index in [0.29, 0.717) is 41.1 Å². The van der Waals surface area contributed by atoms with Gasteiger partial charge >= 0.3 is 6.18 Å². The van der Waals surface area contributed by atoms with E-state index in [2.05, 4.69) is 20.3 Å². The number of amides is 1. The Bertz CT molecular complexity index is 1710. The van der Waals surface area contributed by atoms with Gasteiger partial charge in [-0.05, 0) is 37.7 Å². The maximum atomic E-state index is 13.2. The standard InChI is InChI=1S/C30H29F3N8O2/c1-40-14-21(30(31,32)33)37-26(40)19-6-4-17(5-7-19)13-41-15-22(42)39-29(10-3-11-29)20-12-34-25(38-27(20)41)23-24(18-8-9-18)35-16-36-28(23)43-2/h4-7,12,14,16,18H,3,8-11,13,15H2,1-2H3,(H,39,42). The van der Waals surface area contributed by atoms with Gasteiger partial charge in [0, 0.05) is 43.0 Å². The number of aromatic nitrogens is 6. The summed E-state index contributed by atoms with van der Waals surface area (Å²) in [6.07, 6.45) is 4.39. The van der Waals surface area contributed by atoms with Crippen molar-refractivity contribution < 1.29 is 22.7 Å². The molecule has 2 saturated carbocycles. The number of halogens is 3. The number of imidazole rings is 1. The zero-order valence-corrected chi connectivity index (χ0v) is 23.6. The van der Waals surface area contributed by atoms with Gasteiger partial charge in [-0.1, -0.05) is 24.3 Å². The van der Waals surface area contributed by atoms with Gasteiger partial charge < -0.3 is 19.5 Å². The van der Waals surface area contributed by atoms with Crippen LogP contribution in [0.4, 0.5) is 19.0 Å². The van der Waals surface area contributed by atoms with Crippen LogP contribution in [0.3, 0.4) is 0 Å². The molecule has 43 heavy (non-hydrogen) atoms. The van der Waals surface area contributed by atoms with Gasteiger partial charge in [0.15, 0.2) is 11.5 Å². The van der Waals surface area contributed by atoms with E-state index in [4.69, 9.17) is 14.7 Å². The zero-order valence-electron chi connectivity index (χ0n) is 23.6. The SMILES string of the molecule is COc1ncnc(C2CC2)c1-c1ncc2c(n1)N(Cc1ccc(-c3nc(C(F)(F)F)cn3C)cc1)CC(=O)NC21CCC1. The molecule has 3 aromatic heterocycles. The van der Waals surface area contributed by atoms with Crippen molar-refractivity contribution in [2.75, 3.05) is 18.6 Å². The lowest BCUT2D eigenvalue weighted by atomic mass is 9.72. The molecule has 222 valence electrons. The number of rotatable bonds is 6. The Hall–Kier alpha value is -4.55. The molecule has 0 bridgehead atoms. The summed E-state index contributed by atoms with van der Waals surface area (Å²) in [7, 11) is 3.09.